The summed E-state index contributed by atoms with van der Waals surface area (Å²) in [5, 5.41) is 3.19. The van der Waals surface area contributed by atoms with Gasteiger partial charge in [-0.1, -0.05) is 33.6 Å². The fourth-order valence-electron chi connectivity index (χ4n) is 2.70. The number of nitrogen functional groups attached to an aromatic ring is 1. The van der Waals surface area contributed by atoms with Crippen LogP contribution in [0.2, 0.25) is 5.02 Å². The monoisotopic (exact) mass is 584 g/mol. The van der Waals surface area contributed by atoms with Crippen LogP contribution in [0.15, 0.2) is 55.1 Å². The Hall–Kier alpha value is -2.61. The molecule has 0 unspecified atom stereocenters. The van der Waals surface area contributed by atoms with Crippen molar-refractivity contribution in [1.29, 1.82) is 0 Å². The van der Waals surface area contributed by atoms with Crippen LogP contribution in [0.5, 0.6) is 0 Å². The number of benzene rings is 2. The molecule has 34 heavy (non-hydrogen) atoms. The second kappa shape index (κ2) is 10.8. The Morgan fingerprint density at radius 2 is 1.97 bits per heavy atom. The molecule has 0 aliphatic rings. The molecular formula is C20H22BrClN8O2S2. The maximum atomic E-state index is 13.2. The molecule has 180 valence electrons. The topological polar surface area (TPSA) is 152 Å². The molecule has 3 rings (SSSR count). The SMILES string of the molecule is Cc1cc(S(=O)(=O)/N=C(\N)Nc2cccc(Br)c2)c(SCc2nc(N)nc(N(C)C)n2)cc1Cl. The van der Waals surface area contributed by atoms with Crippen molar-refractivity contribution in [3.05, 3.63) is 57.3 Å². The van der Waals surface area contributed by atoms with E-state index in [0.717, 1.165) is 4.47 Å². The predicted molar refractivity (Wildman–Crippen MR) is 141 cm³/mol. The molecule has 0 fully saturated rings. The molecule has 2 aromatic carbocycles. The van der Waals surface area contributed by atoms with Gasteiger partial charge in [-0.15, -0.1) is 16.2 Å². The third-order valence-electron chi connectivity index (χ3n) is 4.26. The molecule has 0 saturated heterocycles. The first-order valence-corrected chi connectivity index (χ1v) is 13.3. The average molecular weight is 586 g/mol. The van der Waals surface area contributed by atoms with E-state index in [4.69, 9.17) is 23.1 Å². The van der Waals surface area contributed by atoms with Gasteiger partial charge < -0.3 is 21.7 Å². The zero-order valence-electron chi connectivity index (χ0n) is 18.5. The van der Waals surface area contributed by atoms with Crippen molar-refractivity contribution in [1.82, 2.24) is 15.0 Å². The van der Waals surface area contributed by atoms with Gasteiger partial charge in [-0.05, 0) is 42.8 Å². The number of sulfonamides is 1. The van der Waals surface area contributed by atoms with E-state index in [1.54, 1.807) is 50.2 Å². The number of anilines is 3. The van der Waals surface area contributed by atoms with Gasteiger partial charge in [0.2, 0.25) is 17.9 Å². The molecule has 0 amide bonds. The van der Waals surface area contributed by atoms with Crippen molar-refractivity contribution < 1.29 is 8.42 Å². The highest BCUT2D eigenvalue weighted by Gasteiger charge is 2.21. The Balaban J connectivity index is 1.92. The second-order valence-corrected chi connectivity index (χ2v) is 11.1. The zero-order valence-corrected chi connectivity index (χ0v) is 22.4. The quantitative estimate of drug-likeness (QED) is 0.213. The molecule has 14 heteroatoms. The smallest absolute Gasteiger partial charge is 0.286 e. The van der Waals surface area contributed by atoms with Gasteiger partial charge in [0.15, 0.2) is 0 Å². The maximum absolute atomic E-state index is 13.2. The van der Waals surface area contributed by atoms with E-state index >= 15 is 0 Å². The number of aromatic nitrogens is 3. The lowest BCUT2D eigenvalue weighted by Gasteiger charge is -2.13. The highest BCUT2D eigenvalue weighted by atomic mass is 79.9. The fraction of sp³-hybridized carbons (Fsp3) is 0.200. The standard InChI is InChI=1S/C20H22BrClN8O2S2/c1-11-7-16(34(31,32)29-19(24)25-13-6-4-5-12(21)8-13)15(9-14(11)22)33-10-17-26-18(23)28-20(27-17)30(2)3/h4-9H,10H2,1-3H3,(H3,24,25,29)(H2,23,26,27,28). The molecule has 0 atom stereocenters. The molecule has 0 aliphatic carbocycles. The molecule has 0 bridgehead atoms. The van der Waals surface area contributed by atoms with E-state index < -0.39 is 10.0 Å². The molecule has 0 radical (unpaired) electrons. The van der Waals surface area contributed by atoms with E-state index in [0.29, 0.717) is 32.9 Å². The summed E-state index contributed by atoms with van der Waals surface area (Å²) < 4.78 is 30.9. The minimum atomic E-state index is -4.17. The first-order valence-electron chi connectivity index (χ1n) is 9.68. The number of thioether (sulfide) groups is 1. The number of nitrogens with one attached hydrogen (secondary N) is 1. The predicted octanol–water partition coefficient (Wildman–Crippen LogP) is 3.65. The summed E-state index contributed by atoms with van der Waals surface area (Å²) in [6, 6.07) is 10.1. The minimum absolute atomic E-state index is 0.0340. The van der Waals surface area contributed by atoms with Gasteiger partial charge in [0.05, 0.1) is 5.75 Å². The number of rotatable bonds is 7. The number of guanidine groups is 1. The Kier molecular flexibility index (Phi) is 8.23. The Morgan fingerprint density at radius 3 is 2.65 bits per heavy atom. The van der Waals surface area contributed by atoms with Crippen LogP contribution in [0.1, 0.15) is 11.4 Å². The van der Waals surface area contributed by atoms with Crippen molar-refractivity contribution in [3.63, 3.8) is 0 Å². The van der Waals surface area contributed by atoms with Crippen LogP contribution in [-0.4, -0.2) is 43.4 Å². The van der Waals surface area contributed by atoms with Gasteiger partial charge in [0.25, 0.3) is 10.0 Å². The summed E-state index contributed by atoms with van der Waals surface area (Å²) in [5.41, 5.74) is 12.8. The largest absolute Gasteiger partial charge is 0.369 e. The molecule has 1 heterocycles. The number of nitrogens with zero attached hydrogens (tertiary/aromatic N) is 5. The number of nitrogens with two attached hydrogens (primary N) is 2. The lowest BCUT2D eigenvalue weighted by molar-refractivity contribution is 0.596. The molecule has 10 nitrogen and oxygen atoms in total. The van der Waals surface area contributed by atoms with Crippen LogP contribution in [0, 0.1) is 6.92 Å². The number of hydrogen-bond acceptors (Lipinski definition) is 8. The van der Waals surface area contributed by atoms with E-state index in [9.17, 15) is 8.42 Å². The number of aryl methyl sites for hydroxylation is 1. The van der Waals surface area contributed by atoms with Gasteiger partial charge in [0, 0.05) is 34.2 Å². The van der Waals surface area contributed by atoms with Crippen molar-refractivity contribution >= 4 is 72.9 Å². The molecule has 3 aromatic rings. The van der Waals surface area contributed by atoms with Gasteiger partial charge in [0.1, 0.15) is 10.7 Å². The van der Waals surface area contributed by atoms with Gasteiger partial charge in [-0.3, -0.25) is 0 Å². The van der Waals surface area contributed by atoms with E-state index in [2.05, 4.69) is 40.6 Å². The van der Waals surface area contributed by atoms with Crippen LogP contribution in [0.25, 0.3) is 0 Å². The summed E-state index contributed by atoms with van der Waals surface area (Å²) in [4.78, 5) is 14.6. The summed E-state index contributed by atoms with van der Waals surface area (Å²) in [7, 11) is -0.614. The van der Waals surface area contributed by atoms with Crippen molar-refractivity contribution in [2.75, 3.05) is 30.0 Å². The fourth-order valence-corrected chi connectivity index (χ4v) is 5.68. The Bertz CT molecular complexity index is 1350. The highest BCUT2D eigenvalue weighted by Crippen LogP contribution is 2.34. The Morgan fingerprint density at radius 1 is 1.24 bits per heavy atom. The van der Waals surface area contributed by atoms with Crippen molar-refractivity contribution in [3.8, 4) is 0 Å². The maximum Gasteiger partial charge on any atom is 0.286 e. The van der Waals surface area contributed by atoms with Crippen LogP contribution in [0.4, 0.5) is 17.6 Å². The van der Waals surface area contributed by atoms with Crippen molar-refractivity contribution in [2.45, 2.75) is 22.5 Å². The van der Waals surface area contributed by atoms with Gasteiger partial charge in [-0.2, -0.15) is 23.4 Å². The van der Waals surface area contributed by atoms with Crippen LogP contribution in [0.3, 0.4) is 0 Å². The van der Waals surface area contributed by atoms with Gasteiger partial charge >= 0.3 is 0 Å². The normalized spacial score (nSPS) is 12.0. The van der Waals surface area contributed by atoms with E-state index in [-0.39, 0.29) is 22.6 Å². The summed E-state index contributed by atoms with van der Waals surface area (Å²) in [6.45, 7) is 1.71. The van der Waals surface area contributed by atoms with Crippen molar-refractivity contribution in [2.24, 2.45) is 10.1 Å². The summed E-state index contributed by atoms with van der Waals surface area (Å²) >= 11 is 10.8. The lowest BCUT2D eigenvalue weighted by atomic mass is 10.2. The number of hydrogen-bond donors (Lipinski definition) is 3. The van der Waals surface area contributed by atoms with E-state index in [1.807, 2.05) is 6.07 Å². The first-order chi connectivity index (χ1) is 15.9. The van der Waals surface area contributed by atoms with Crippen LogP contribution >= 0.6 is 39.3 Å². The summed E-state index contributed by atoms with van der Waals surface area (Å²) in [6.07, 6.45) is 0. The molecular weight excluding hydrogens is 564 g/mol. The minimum Gasteiger partial charge on any atom is -0.369 e. The second-order valence-electron chi connectivity index (χ2n) is 7.23. The third-order valence-corrected chi connectivity index (χ3v) is 7.67. The highest BCUT2D eigenvalue weighted by molar-refractivity contribution is 9.10. The lowest BCUT2D eigenvalue weighted by Crippen LogP contribution is -2.24. The molecule has 1 aromatic heterocycles. The molecule has 0 aliphatic heterocycles. The van der Waals surface area contributed by atoms with E-state index in [1.165, 1.54) is 17.8 Å². The molecule has 0 spiro atoms. The van der Waals surface area contributed by atoms with Crippen LogP contribution in [-0.2, 0) is 15.8 Å². The third kappa shape index (κ3) is 6.72. The zero-order chi connectivity index (χ0) is 25.0. The molecule has 0 saturated carbocycles. The average Bonchev–Trinajstić information content (AvgIpc) is 2.73. The first kappa shape index (κ1) is 26.0. The van der Waals surface area contributed by atoms with Gasteiger partial charge in [-0.25, -0.2) is 0 Å². The number of halogens is 2. The Labute approximate surface area is 215 Å². The summed E-state index contributed by atoms with van der Waals surface area (Å²) in [5.74, 6) is 0.808. The molecule has 5 N–H and O–H groups in total. The van der Waals surface area contributed by atoms with Crippen LogP contribution < -0.4 is 21.7 Å².